The van der Waals surface area contributed by atoms with Gasteiger partial charge >= 0.3 is 0 Å². The fraction of sp³-hybridized carbons (Fsp3) is 0.333. The maximum Gasteiger partial charge on any atom is 0.244 e. The van der Waals surface area contributed by atoms with E-state index in [1.165, 1.54) is 12.0 Å². The van der Waals surface area contributed by atoms with Crippen molar-refractivity contribution in [3.05, 3.63) is 53.6 Å². The molecule has 0 saturated heterocycles. The molecule has 2 aromatic rings. The number of amides is 2. The molecule has 1 N–H and O–H groups in total. The van der Waals surface area contributed by atoms with Crippen LogP contribution in [0.2, 0.25) is 5.02 Å². The largest absolute Gasteiger partial charge is 0.495 e. The van der Waals surface area contributed by atoms with E-state index in [1.807, 2.05) is 42.3 Å². The SMILES string of the molecule is COc1ccc(Cl)cc1NC(=O)CN(C)C(=O)CN(C)CCOc1ccccc1. The summed E-state index contributed by atoms with van der Waals surface area (Å²) in [4.78, 5) is 27.9. The van der Waals surface area contributed by atoms with Crippen molar-refractivity contribution >= 4 is 29.1 Å². The van der Waals surface area contributed by atoms with Gasteiger partial charge in [0, 0.05) is 18.6 Å². The molecule has 2 rings (SSSR count). The molecule has 7 nitrogen and oxygen atoms in total. The van der Waals surface area contributed by atoms with Gasteiger partial charge in [-0.3, -0.25) is 14.5 Å². The monoisotopic (exact) mass is 419 g/mol. The van der Waals surface area contributed by atoms with Gasteiger partial charge in [0.25, 0.3) is 0 Å². The highest BCUT2D eigenvalue weighted by Crippen LogP contribution is 2.27. The van der Waals surface area contributed by atoms with E-state index in [0.29, 0.717) is 29.6 Å². The minimum absolute atomic E-state index is 0.0805. The number of anilines is 1. The van der Waals surface area contributed by atoms with Gasteiger partial charge in [-0.15, -0.1) is 0 Å². The average molecular weight is 420 g/mol. The number of hydrogen-bond acceptors (Lipinski definition) is 5. The highest BCUT2D eigenvalue weighted by atomic mass is 35.5. The summed E-state index contributed by atoms with van der Waals surface area (Å²) in [5.41, 5.74) is 0.459. The summed E-state index contributed by atoms with van der Waals surface area (Å²) in [7, 11) is 4.92. The maximum atomic E-state index is 12.4. The smallest absolute Gasteiger partial charge is 0.244 e. The Balaban J connectivity index is 1.76. The molecule has 0 unspecified atom stereocenters. The normalized spacial score (nSPS) is 10.5. The molecule has 2 aromatic carbocycles. The topological polar surface area (TPSA) is 71.1 Å². The van der Waals surface area contributed by atoms with Crippen molar-refractivity contribution in [2.24, 2.45) is 0 Å². The average Bonchev–Trinajstić information content (AvgIpc) is 2.68. The third-order valence-corrected chi connectivity index (χ3v) is 4.37. The second-order valence-corrected chi connectivity index (χ2v) is 6.98. The Morgan fingerprint density at radius 2 is 1.79 bits per heavy atom. The predicted octanol–water partition coefficient (Wildman–Crippen LogP) is 2.76. The number of likely N-dealkylation sites (N-methyl/N-ethyl adjacent to an activating group) is 2. The maximum absolute atomic E-state index is 12.4. The number of methoxy groups -OCH3 is 1. The first-order chi connectivity index (χ1) is 13.9. The van der Waals surface area contributed by atoms with E-state index in [-0.39, 0.29) is 24.9 Å². The second kappa shape index (κ2) is 11.3. The fourth-order valence-electron chi connectivity index (χ4n) is 2.54. The third kappa shape index (κ3) is 7.63. The molecule has 0 atom stereocenters. The zero-order valence-electron chi connectivity index (χ0n) is 16.9. The molecule has 0 aliphatic heterocycles. The van der Waals surface area contributed by atoms with E-state index in [9.17, 15) is 9.59 Å². The molecule has 156 valence electrons. The summed E-state index contributed by atoms with van der Waals surface area (Å²) in [6.45, 7) is 1.15. The van der Waals surface area contributed by atoms with Crippen molar-refractivity contribution in [3.63, 3.8) is 0 Å². The number of hydrogen-bond donors (Lipinski definition) is 1. The van der Waals surface area contributed by atoms with Crippen molar-refractivity contribution in [1.82, 2.24) is 9.80 Å². The van der Waals surface area contributed by atoms with Gasteiger partial charge < -0.3 is 19.7 Å². The van der Waals surface area contributed by atoms with Crippen LogP contribution >= 0.6 is 11.6 Å². The van der Waals surface area contributed by atoms with E-state index in [2.05, 4.69) is 5.32 Å². The van der Waals surface area contributed by atoms with Gasteiger partial charge in [-0.05, 0) is 37.4 Å². The summed E-state index contributed by atoms with van der Waals surface area (Å²) in [6.07, 6.45) is 0. The number of nitrogens with one attached hydrogen (secondary N) is 1. The van der Waals surface area contributed by atoms with Gasteiger partial charge in [0.1, 0.15) is 18.1 Å². The highest BCUT2D eigenvalue weighted by Gasteiger charge is 2.16. The standard InChI is InChI=1S/C21H26ClN3O4/c1-24(11-12-29-17-7-5-4-6-8-17)15-21(27)25(2)14-20(26)23-18-13-16(22)9-10-19(18)28-3/h4-10,13H,11-12,14-15H2,1-3H3,(H,23,26). The van der Waals surface area contributed by atoms with Crippen LogP contribution in [0.3, 0.4) is 0 Å². The second-order valence-electron chi connectivity index (χ2n) is 6.54. The molecular weight excluding hydrogens is 394 g/mol. The summed E-state index contributed by atoms with van der Waals surface area (Å²) in [5.74, 6) is 0.782. The lowest BCUT2D eigenvalue weighted by Crippen LogP contribution is -2.41. The van der Waals surface area contributed by atoms with Crippen LogP contribution in [0, 0.1) is 0 Å². The van der Waals surface area contributed by atoms with Gasteiger partial charge in [-0.2, -0.15) is 0 Å². The number of para-hydroxylation sites is 1. The zero-order valence-corrected chi connectivity index (χ0v) is 17.6. The number of nitrogens with zero attached hydrogens (tertiary/aromatic N) is 2. The van der Waals surface area contributed by atoms with Gasteiger partial charge in [0.2, 0.25) is 11.8 Å². The molecule has 0 fully saturated rings. The van der Waals surface area contributed by atoms with Crippen LogP contribution in [-0.4, -0.2) is 69.1 Å². The first-order valence-corrected chi connectivity index (χ1v) is 9.50. The number of halogens is 1. The number of carbonyl (C=O) groups excluding carboxylic acids is 2. The molecule has 0 heterocycles. The Labute approximate surface area is 176 Å². The third-order valence-electron chi connectivity index (χ3n) is 4.13. The minimum Gasteiger partial charge on any atom is -0.495 e. The van der Waals surface area contributed by atoms with Crippen molar-refractivity contribution in [2.45, 2.75) is 0 Å². The lowest BCUT2D eigenvalue weighted by Gasteiger charge is -2.22. The van der Waals surface area contributed by atoms with Gasteiger partial charge in [-0.1, -0.05) is 29.8 Å². The van der Waals surface area contributed by atoms with Crippen molar-refractivity contribution in [3.8, 4) is 11.5 Å². The number of benzene rings is 2. The van der Waals surface area contributed by atoms with Gasteiger partial charge in [0.05, 0.1) is 25.9 Å². The summed E-state index contributed by atoms with van der Waals surface area (Å²) in [6, 6.07) is 14.4. The van der Waals surface area contributed by atoms with Gasteiger partial charge in [0.15, 0.2) is 0 Å². The predicted molar refractivity (Wildman–Crippen MR) is 114 cm³/mol. The van der Waals surface area contributed by atoms with Crippen LogP contribution in [0.4, 0.5) is 5.69 Å². The van der Waals surface area contributed by atoms with E-state index in [1.54, 1.807) is 25.2 Å². The Bertz CT molecular complexity index is 817. The first-order valence-electron chi connectivity index (χ1n) is 9.12. The minimum atomic E-state index is -0.337. The number of ether oxygens (including phenoxy) is 2. The van der Waals surface area contributed by atoms with Crippen LogP contribution in [-0.2, 0) is 9.59 Å². The quantitative estimate of drug-likeness (QED) is 0.641. The molecule has 0 aliphatic carbocycles. The number of rotatable bonds is 10. The molecule has 29 heavy (non-hydrogen) atoms. The molecule has 0 aromatic heterocycles. The van der Waals surface area contributed by atoms with Crippen molar-refractivity contribution in [2.75, 3.05) is 52.8 Å². The van der Waals surface area contributed by atoms with E-state index >= 15 is 0 Å². The zero-order chi connectivity index (χ0) is 21.2. The molecular formula is C21H26ClN3O4. The lowest BCUT2D eigenvalue weighted by molar-refractivity contribution is -0.134. The van der Waals surface area contributed by atoms with Crippen LogP contribution in [0.1, 0.15) is 0 Å². The Hall–Kier alpha value is -2.77. The molecule has 0 bridgehead atoms. The Morgan fingerprint density at radius 3 is 2.48 bits per heavy atom. The Kier molecular flexibility index (Phi) is 8.76. The van der Waals surface area contributed by atoms with E-state index in [4.69, 9.17) is 21.1 Å². The number of carbonyl (C=O) groups is 2. The van der Waals surface area contributed by atoms with Crippen LogP contribution < -0.4 is 14.8 Å². The van der Waals surface area contributed by atoms with Crippen LogP contribution in [0.15, 0.2) is 48.5 Å². The van der Waals surface area contributed by atoms with Crippen LogP contribution in [0.5, 0.6) is 11.5 Å². The summed E-state index contributed by atoms with van der Waals surface area (Å²) in [5, 5.41) is 3.19. The Morgan fingerprint density at radius 1 is 1.07 bits per heavy atom. The lowest BCUT2D eigenvalue weighted by atomic mass is 10.3. The molecule has 0 radical (unpaired) electrons. The van der Waals surface area contributed by atoms with E-state index in [0.717, 1.165) is 5.75 Å². The molecule has 0 aliphatic rings. The summed E-state index contributed by atoms with van der Waals surface area (Å²) < 4.78 is 10.8. The fourth-order valence-corrected chi connectivity index (χ4v) is 2.71. The van der Waals surface area contributed by atoms with Crippen molar-refractivity contribution < 1.29 is 19.1 Å². The summed E-state index contributed by atoms with van der Waals surface area (Å²) >= 11 is 5.96. The first kappa shape index (κ1) is 22.5. The molecule has 0 spiro atoms. The molecule has 0 saturated carbocycles. The molecule has 2 amide bonds. The van der Waals surface area contributed by atoms with Gasteiger partial charge in [-0.25, -0.2) is 0 Å². The van der Waals surface area contributed by atoms with Crippen molar-refractivity contribution in [1.29, 1.82) is 0 Å². The van der Waals surface area contributed by atoms with Crippen LogP contribution in [0.25, 0.3) is 0 Å². The van der Waals surface area contributed by atoms with E-state index < -0.39 is 0 Å². The highest BCUT2D eigenvalue weighted by molar-refractivity contribution is 6.31. The molecule has 8 heteroatoms.